The molecule has 1 aliphatic rings. The minimum Gasteiger partial charge on any atom is -0.398 e. The fourth-order valence-corrected chi connectivity index (χ4v) is 3.78. The van der Waals surface area contributed by atoms with E-state index in [1.54, 1.807) is 0 Å². The van der Waals surface area contributed by atoms with E-state index in [2.05, 4.69) is 43.0 Å². The summed E-state index contributed by atoms with van der Waals surface area (Å²) in [5.74, 6) is 0. The van der Waals surface area contributed by atoms with Crippen LogP contribution in [0.25, 0.3) is 0 Å². The Morgan fingerprint density at radius 3 is 2.84 bits per heavy atom. The molecule has 1 atom stereocenters. The Balaban J connectivity index is 1.83. The van der Waals surface area contributed by atoms with Gasteiger partial charge in [-0.05, 0) is 49.6 Å². The number of benzene rings is 1. The molecular formula is C16H20N2S. The van der Waals surface area contributed by atoms with Gasteiger partial charge in [-0.3, -0.25) is 4.90 Å². The normalized spacial score (nSPS) is 17.2. The molecule has 2 nitrogen and oxygen atoms in total. The van der Waals surface area contributed by atoms with Gasteiger partial charge in [0.15, 0.2) is 0 Å². The average Bonchev–Trinajstić information content (AvgIpc) is 2.85. The van der Waals surface area contributed by atoms with Crippen LogP contribution in [0.15, 0.2) is 30.3 Å². The zero-order valence-electron chi connectivity index (χ0n) is 11.5. The van der Waals surface area contributed by atoms with Gasteiger partial charge in [0.1, 0.15) is 0 Å². The fraction of sp³-hybridized carbons (Fsp3) is 0.375. The van der Waals surface area contributed by atoms with E-state index in [-0.39, 0.29) is 0 Å². The Bertz CT molecular complexity index is 588. The molecule has 0 radical (unpaired) electrons. The molecule has 1 aliphatic heterocycles. The molecule has 3 heteroatoms. The molecule has 0 spiro atoms. The first-order valence-electron chi connectivity index (χ1n) is 6.82. The first-order chi connectivity index (χ1) is 9.15. The molecule has 0 aliphatic carbocycles. The lowest BCUT2D eigenvalue weighted by molar-refractivity contribution is 0.195. The zero-order chi connectivity index (χ0) is 13.4. The number of nitrogens with two attached hydrogens (primary N) is 1. The van der Waals surface area contributed by atoms with Crippen molar-refractivity contribution in [1.29, 1.82) is 0 Å². The van der Waals surface area contributed by atoms with Crippen LogP contribution in [0, 0.1) is 6.92 Å². The van der Waals surface area contributed by atoms with Gasteiger partial charge in [-0.15, -0.1) is 11.3 Å². The van der Waals surface area contributed by atoms with Crippen molar-refractivity contribution in [1.82, 2.24) is 4.90 Å². The van der Waals surface area contributed by atoms with Crippen LogP contribution in [0.2, 0.25) is 0 Å². The van der Waals surface area contributed by atoms with E-state index in [1.807, 2.05) is 17.4 Å². The topological polar surface area (TPSA) is 29.3 Å². The summed E-state index contributed by atoms with van der Waals surface area (Å²) in [6.45, 7) is 6.56. The second-order valence-electron chi connectivity index (χ2n) is 5.33. The minimum absolute atomic E-state index is 0.478. The molecule has 0 saturated carbocycles. The number of hydrogen-bond acceptors (Lipinski definition) is 3. The first kappa shape index (κ1) is 12.7. The quantitative estimate of drug-likeness (QED) is 0.843. The van der Waals surface area contributed by atoms with Crippen molar-refractivity contribution in [3.8, 4) is 0 Å². The van der Waals surface area contributed by atoms with Crippen LogP contribution < -0.4 is 5.73 Å². The van der Waals surface area contributed by atoms with Crippen molar-refractivity contribution in [3.05, 3.63) is 51.2 Å². The van der Waals surface area contributed by atoms with E-state index in [9.17, 15) is 0 Å². The SMILES string of the molecule is Cc1ccc(C(C)N2CCc3cccc(N)c3C2)s1. The number of anilines is 1. The van der Waals surface area contributed by atoms with Crippen molar-refractivity contribution in [2.24, 2.45) is 0 Å². The molecule has 1 unspecified atom stereocenters. The lowest BCUT2D eigenvalue weighted by Crippen LogP contribution is -2.33. The Morgan fingerprint density at radius 1 is 1.26 bits per heavy atom. The van der Waals surface area contributed by atoms with Gasteiger partial charge in [0.25, 0.3) is 0 Å². The van der Waals surface area contributed by atoms with Crippen molar-refractivity contribution in [2.75, 3.05) is 12.3 Å². The number of nitrogen functional groups attached to an aromatic ring is 1. The summed E-state index contributed by atoms with van der Waals surface area (Å²) in [6, 6.07) is 11.2. The third-order valence-corrected chi connectivity index (χ3v) is 5.23. The van der Waals surface area contributed by atoms with E-state index < -0.39 is 0 Å². The highest BCUT2D eigenvalue weighted by atomic mass is 32.1. The molecule has 2 aromatic rings. The summed E-state index contributed by atoms with van der Waals surface area (Å²) in [5, 5.41) is 0. The number of aryl methyl sites for hydroxylation is 1. The molecule has 0 saturated heterocycles. The van der Waals surface area contributed by atoms with Crippen LogP contribution >= 0.6 is 11.3 Å². The third kappa shape index (κ3) is 2.40. The minimum atomic E-state index is 0.478. The molecule has 0 bridgehead atoms. The zero-order valence-corrected chi connectivity index (χ0v) is 12.3. The van der Waals surface area contributed by atoms with Gasteiger partial charge < -0.3 is 5.73 Å². The average molecular weight is 272 g/mol. The summed E-state index contributed by atoms with van der Waals surface area (Å²) in [5.41, 5.74) is 9.81. The second kappa shape index (κ2) is 4.99. The monoisotopic (exact) mass is 272 g/mol. The number of fused-ring (bicyclic) bond motifs is 1. The predicted molar refractivity (Wildman–Crippen MR) is 82.4 cm³/mol. The van der Waals surface area contributed by atoms with E-state index in [1.165, 1.54) is 20.9 Å². The molecule has 0 fully saturated rings. The molecule has 2 N–H and O–H groups in total. The van der Waals surface area contributed by atoms with Crippen molar-refractivity contribution in [3.63, 3.8) is 0 Å². The maximum Gasteiger partial charge on any atom is 0.0417 e. The molecule has 19 heavy (non-hydrogen) atoms. The van der Waals surface area contributed by atoms with Gasteiger partial charge in [-0.2, -0.15) is 0 Å². The largest absolute Gasteiger partial charge is 0.398 e. The highest BCUT2D eigenvalue weighted by Crippen LogP contribution is 2.32. The van der Waals surface area contributed by atoms with Crippen LogP contribution in [0.3, 0.4) is 0 Å². The predicted octanol–water partition coefficient (Wildman–Crippen LogP) is 3.76. The van der Waals surface area contributed by atoms with Crippen LogP contribution in [0.1, 0.15) is 33.8 Å². The summed E-state index contributed by atoms with van der Waals surface area (Å²) in [7, 11) is 0. The summed E-state index contributed by atoms with van der Waals surface area (Å²) in [4.78, 5) is 5.37. The highest BCUT2D eigenvalue weighted by Gasteiger charge is 2.23. The van der Waals surface area contributed by atoms with Crippen molar-refractivity contribution < 1.29 is 0 Å². The van der Waals surface area contributed by atoms with E-state index in [4.69, 9.17) is 5.73 Å². The Labute approximate surface area is 118 Å². The number of thiophene rings is 1. The molecule has 3 rings (SSSR count). The lowest BCUT2D eigenvalue weighted by atomic mass is 9.97. The maximum absolute atomic E-state index is 6.12. The summed E-state index contributed by atoms with van der Waals surface area (Å²) in [6.07, 6.45) is 1.11. The van der Waals surface area contributed by atoms with Gasteiger partial charge in [0.05, 0.1) is 0 Å². The highest BCUT2D eigenvalue weighted by molar-refractivity contribution is 7.12. The molecule has 1 aromatic heterocycles. The molecule has 100 valence electrons. The van der Waals surface area contributed by atoms with Crippen LogP contribution in [0.4, 0.5) is 5.69 Å². The summed E-state index contributed by atoms with van der Waals surface area (Å²) < 4.78 is 0. The van der Waals surface area contributed by atoms with E-state index in [0.717, 1.165) is 25.2 Å². The molecule has 0 amide bonds. The van der Waals surface area contributed by atoms with E-state index >= 15 is 0 Å². The fourth-order valence-electron chi connectivity index (χ4n) is 2.82. The lowest BCUT2D eigenvalue weighted by Gasteiger charge is -2.33. The number of rotatable bonds is 2. The second-order valence-corrected chi connectivity index (χ2v) is 6.65. The standard InChI is InChI=1S/C16H20N2S/c1-11-6-7-16(19-11)12(2)18-9-8-13-4-3-5-15(17)14(13)10-18/h3-7,12H,8-10,17H2,1-2H3. The summed E-state index contributed by atoms with van der Waals surface area (Å²) >= 11 is 1.90. The Morgan fingerprint density at radius 2 is 2.11 bits per heavy atom. The van der Waals surface area contributed by atoms with E-state index in [0.29, 0.717) is 6.04 Å². The van der Waals surface area contributed by atoms with Crippen LogP contribution in [-0.4, -0.2) is 11.4 Å². The van der Waals surface area contributed by atoms with Gasteiger partial charge in [-0.25, -0.2) is 0 Å². The molecular weight excluding hydrogens is 252 g/mol. The Kier molecular flexibility index (Phi) is 3.33. The van der Waals surface area contributed by atoms with Crippen LogP contribution in [-0.2, 0) is 13.0 Å². The van der Waals surface area contributed by atoms with Crippen LogP contribution in [0.5, 0.6) is 0 Å². The Hall–Kier alpha value is -1.32. The van der Waals surface area contributed by atoms with Gasteiger partial charge in [0.2, 0.25) is 0 Å². The number of nitrogens with zero attached hydrogens (tertiary/aromatic N) is 1. The first-order valence-corrected chi connectivity index (χ1v) is 7.63. The van der Waals surface area contributed by atoms with Crippen molar-refractivity contribution >= 4 is 17.0 Å². The van der Waals surface area contributed by atoms with Gasteiger partial charge in [0, 0.05) is 34.6 Å². The number of hydrogen-bond donors (Lipinski definition) is 1. The van der Waals surface area contributed by atoms with Gasteiger partial charge in [-0.1, -0.05) is 12.1 Å². The molecule has 1 aromatic carbocycles. The smallest absolute Gasteiger partial charge is 0.0417 e. The maximum atomic E-state index is 6.12. The third-order valence-electron chi connectivity index (χ3n) is 4.06. The molecule has 2 heterocycles. The van der Waals surface area contributed by atoms with Gasteiger partial charge >= 0.3 is 0 Å². The van der Waals surface area contributed by atoms with Crippen molar-refractivity contribution in [2.45, 2.75) is 32.9 Å².